The van der Waals surface area contributed by atoms with Crippen LogP contribution in [-0.2, 0) is 10.0 Å². The van der Waals surface area contributed by atoms with Crippen molar-refractivity contribution in [3.63, 3.8) is 0 Å². The Morgan fingerprint density at radius 2 is 1.54 bits per heavy atom. The van der Waals surface area contributed by atoms with Gasteiger partial charge in [0.2, 0.25) is 10.0 Å². The van der Waals surface area contributed by atoms with E-state index in [-0.39, 0.29) is 10.0 Å². The van der Waals surface area contributed by atoms with Crippen molar-refractivity contribution in [2.75, 3.05) is 25.1 Å². The summed E-state index contributed by atoms with van der Waals surface area (Å²) in [4.78, 5) is 12.7. The van der Waals surface area contributed by atoms with E-state index in [1.165, 1.54) is 12.1 Å². The number of para-hydroxylation sites is 1. The maximum absolute atomic E-state index is 12.6. The summed E-state index contributed by atoms with van der Waals surface area (Å²) >= 11 is 5.22. The highest BCUT2D eigenvalue weighted by Crippen LogP contribution is 2.16. The molecule has 0 saturated heterocycles. The Morgan fingerprint density at radius 1 is 0.886 bits per heavy atom. The number of hydrogen-bond acceptors (Lipinski definition) is 6. The van der Waals surface area contributed by atoms with Crippen LogP contribution in [-0.4, -0.2) is 39.2 Å². The molecule has 3 aromatic carbocycles. The molecule has 184 valence electrons. The number of rotatable bonds is 11. The largest absolute Gasteiger partial charge is 0.490 e. The van der Waals surface area contributed by atoms with Crippen LogP contribution in [0.3, 0.4) is 0 Å². The molecule has 0 atom stereocenters. The Labute approximate surface area is 210 Å². The van der Waals surface area contributed by atoms with Crippen molar-refractivity contribution in [3.05, 3.63) is 84.4 Å². The van der Waals surface area contributed by atoms with Gasteiger partial charge in [-0.2, -0.15) is 0 Å². The molecule has 3 N–H and O–H groups in total. The lowest BCUT2D eigenvalue weighted by molar-refractivity contribution is 0.0977. The van der Waals surface area contributed by atoms with E-state index in [4.69, 9.17) is 21.7 Å². The number of anilines is 1. The Bertz CT molecular complexity index is 1230. The highest BCUT2D eigenvalue weighted by molar-refractivity contribution is 7.89. The number of sulfonamides is 1. The number of carbonyl (C=O) groups is 1. The first kappa shape index (κ1) is 26.1. The van der Waals surface area contributed by atoms with Gasteiger partial charge in [0.05, 0.1) is 4.90 Å². The van der Waals surface area contributed by atoms with E-state index >= 15 is 0 Å². The normalized spacial score (nSPS) is 10.9. The number of nitrogens with one attached hydrogen (secondary N) is 3. The monoisotopic (exact) mass is 513 g/mol. The molecule has 3 aromatic rings. The fourth-order valence-corrected chi connectivity index (χ4v) is 4.28. The molecule has 0 fully saturated rings. The molecule has 0 aliphatic rings. The fraction of sp³-hybridized carbons (Fsp3) is 0.200. The van der Waals surface area contributed by atoms with E-state index < -0.39 is 15.9 Å². The summed E-state index contributed by atoms with van der Waals surface area (Å²) in [6.07, 6.45) is 0.699. The van der Waals surface area contributed by atoms with Crippen LogP contribution < -0.4 is 24.8 Å². The molecule has 35 heavy (non-hydrogen) atoms. The first-order chi connectivity index (χ1) is 16.9. The Balaban J connectivity index is 1.49. The van der Waals surface area contributed by atoms with Crippen LogP contribution in [0.2, 0.25) is 0 Å². The molecule has 0 saturated carbocycles. The molecule has 0 radical (unpaired) electrons. The van der Waals surface area contributed by atoms with Crippen molar-refractivity contribution in [2.24, 2.45) is 0 Å². The minimum atomic E-state index is -3.55. The third kappa shape index (κ3) is 8.36. The van der Waals surface area contributed by atoms with Gasteiger partial charge in [-0.1, -0.05) is 31.2 Å². The number of thiocarbonyl (C=S) groups is 1. The third-order valence-electron chi connectivity index (χ3n) is 4.65. The van der Waals surface area contributed by atoms with Crippen LogP contribution in [0.5, 0.6) is 11.5 Å². The fourth-order valence-electron chi connectivity index (χ4n) is 2.94. The Hall–Kier alpha value is -3.47. The standard InChI is InChI=1S/C25H27N3O5S2/c1-2-15-26-35(30,31)23-13-11-20(12-14-23)27-25(34)28-24(29)19-7-6-10-22(18-19)33-17-16-32-21-8-4-3-5-9-21/h3-14,18,26H,2,15-17H2,1H3,(H2,27,28,29,34). The lowest BCUT2D eigenvalue weighted by atomic mass is 10.2. The third-order valence-corrected chi connectivity index (χ3v) is 6.33. The van der Waals surface area contributed by atoms with E-state index in [1.54, 1.807) is 36.4 Å². The van der Waals surface area contributed by atoms with Crippen molar-refractivity contribution >= 4 is 38.9 Å². The Morgan fingerprint density at radius 3 is 2.23 bits per heavy atom. The van der Waals surface area contributed by atoms with E-state index in [9.17, 15) is 13.2 Å². The molecule has 1 amide bonds. The highest BCUT2D eigenvalue weighted by Gasteiger charge is 2.13. The van der Waals surface area contributed by atoms with Crippen LogP contribution >= 0.6 is 12.2 Å². The molecule has 0 aliphatic carbocycles. The van der Waals surface area contributed by atoms with Gasteiger partial charge < -0.3 is 14.8 Å². The van der Waals surface area contributed by atoms with Crippen LogP contribution in [0.1, 0.15) is 23.7 Å². The topological polar surface area (TPSA) is 106 Å². The minimum Gasteiger partial charge on any atom is -0.490 e. The average molecular weight is 514 g/mol. The summed E-state index contributed by atoms with van der Waals surface area (Å²) in [6.45, 7) is 2.94. The van der Waals surface area contributed by atoms with Crippen LogP contribution in [0.15, 0.2) is 83.8 Å². The van der Waals surface area contributed by atoms with E-state index in [0.29, 0.717) is 43.2 Å². The first-order valence-electron chi connectivity index (χ1n) is 11.0. The van der Waals surface area contributed by atoms with Gasteiger partial charge in [-0.05, 0) is 73.2 Å². The quantitative estimate of drug-likeness (QED) is 0.263. The summed E-state index contributed by atoms with van der Waals surface area (Å²) in [5.41, 5.74) is 0.916. The molecule has 0 spiro atoms. The maximum atomic E-state index is 12.6. The molecule has 0 heterocycles. The van der Waals surface area contributed by atoms with Crippen molar-refractivity contribution in [1.29, 1.82) is 0 Å². The summed E-state index contributed by atoms with van der Waals surface area (Å²) in [7, 11) is -3.55. The Kier molecular flexibility index (Phi) is 9.59. The summed E-state index contributed by atoms with van der Waals surface area (Å²) in [5, 5.41) is 5.56. The molecule has 0 aromatic heterocycles. The average Bonchev–Trinajstić information content (AvgIpc) is 2.86. The van der Waals surface area contributed by atoms with Crippen molar-refractivity contribution in [3.8, 4) is 11.5 Å². The van der Waals surface area contributed by atoms with Gasteiger partial charge in [-0.3, -0.25) is 10.1 Å². The highest BCUT2D eigenvalue weighted by atomic mass is 32.2. The summed E-state index contributed by atoms with van der Waals surface area (Å²) < 4.78 is 38.1. The van der Waals surface area contributed by atoms with Gasteiger partial charge in [0.15, 0.2) is 5.11 Å². The molecule has 0 unspecified atom stereocenters. The number of benzene rings is 3. The molecule has 3 rings (SSSR count). The first-order valence-corrected chi connectivity index (χ1v) is 12.9. The molecule has 0 bridgehead atoms. The van der Waals surface area contributed by atoms with Gasteiger partial charge in [0.25, 0.3) is 5.91 Å². The zero-order chi connectivity index (χ0) is 25.1. The van der Waals surface area contributed by atoms with E-state index in [1.807, 2.05) is 37.3 Å². The van der Waals surface area contributed by atoms with Gasteiger partial charge in [0, 0.05) is 17.8 Å². The summed E-state index contributed by atoms with van der Waals surface area (Å²) in [6, 6.07) is 22.2. The van der Waals surface area contributed by atoms with Crippen LogP contribution in [0, 0.1) is 0 Å². The van der Waals surface area contributed by atoms with Crippen molar-refractivity contribution < 1.29 is 22.7 Å². The number of carbonyl (C=O) groups excluding carboxylic acids is 1. The van der Waals surface area contributed by atoms with E-state index in [2.05, 4.69) is 15.4 Å². The zero-order valence-electron chi connectivity index (χ0n) is 19.2. The number of hydrogen-bond donors (Lipinski definition) is 3. The molecule has 0 aliphatic heterocycles. The van der Waals surface area contributed by atoms with Crippen molar-refractivity contribution in [2.45, 2.75) is 18.2 Å². The smallest absolute Gasteiger partial charge is 0.257 e. The molecular weight excluding hydrogens is 486 g/mol. The second-order valence-electron chi connectivity index (χ2n) is 7.37. The van der Waals surface area contributed by atoms with Gasteiger partial charge in [-0.25, -0.2) is 13.1 Å². The van der Waals surface area contributed by atoms with Gasteiger partial charge in [-0.15, -0.1) is 0 Å². The predicted octanol–water partition coefficient (Wildman–Crippen LogP) is 3.96. The van der Waals surface area contributed by atoms with Crippen LogP contribution in [0.25, 0.3) is 0 Å². The second-order valence-corrected chi connectivity index (χ2v) is 9.54. The second kappa shape index (κ2) is 12.8. The molecular formula is C25H27N3O5S2. The number of amides is 1. The lowest BCUT2D eigenvalue weighted by Crippen LogP contribution is -2.34. The lowest BCUT2D eigenvalue weighted by Gasteiger charge is -2.12. The summed E-state index contributed by atoms with van der Waals surface area (Å²) in [5.74, 6) is 0.882. The molecule has 10 heteroatoms. The van der Waals surface area contributed by atoms with E-state index in [0.717, 1.165) is 5.75 Å². The maximum Gasteiger partial charge on any atom is 0.257 e. The van der Waals surface area contributed by atoms with Gasteiger partial charge in [0.1, 0.15) is 24.7 Å². The molecule has 8 nitrogen and oxygen atoms in total. The SMILES string of the molecule is CCCNS(=O)(=O)c1ccc(NC(=S)NC(=O)c2cccc(OCCOc3ccccc3)c2)cc1. The number of ether oxygens (including phenoxy) is 2. The van der Waals surface area contributed by atoms with Crippen molar-refractivity contribution in [1.82, 2.24) is 10.0 Å². The minimum absolute atomic E-state index is 0.0808. The van der Waals surface area contributed by atoms with Gasteiger partial charge >= 0.3 is 0 Å². The predicted molar refractivity (Wildman–Crippen MR) is 139 cm³/mol. The van der Waals surface area contributed by atoms with Crippen LogP contribution in [0.4, 0.5) is 5.69 Å². The zero-order valence-corrected chi connectivity index (χ0v) is 20.8.